The second kappa shape index (κ2) is 8.70. The van der Waals surface area contributed by atoms with Crippen LogP contribution in [0, 0.1) is 6.92 Å². The summed E-state index contributed by atoms with van der Waals surface area (Å²) in [5.41, 5.74) is 1.19. The normalized spacial score (nSPS) is 21.7. The van der Waals surface area contributed by atoms with Gasteiger partial charge in [-0.15, -0.1) is 0 Å². The number of urea groups is 1. The highest BCUT2D eigenvalue weighted by Crippen LogP contribution is 2.27. The minimum absolute atomic E-state index is 0.114. The van der Waals surface area contributed by atoms with E-state index in [0.717, 1.165) is 57.7 Å². The first-order valence-corrected chi connectivity index (χ1v) is 9.75. The molecule has 25 heavy (non-hydrogen) atoms. The van der Waals surface area contributed by atoms with E-state index in [4.69, 9.17) is 4.74 Å². The van der Waals surface area contributed by atoms with Crippen molar-refractivity contribution in [3.8, 4) is 0 Å². The van der Waals surface area contributed by atoms with Gasteiger partial charge in [0.05, 0.1) is 0 Å². The number of hydrogen-bond acceptors (Lipinski definition) is 3. The number of nitrogens with one attached hydrogen (secondary N) is 1. The summed E-state index contributed by atoms with van der Waals surface area (Å²) in [6.45, 7) is 5.40. The van der Waals surface area contributed by atoms with Gasteiger partial charge >= 0.3 is 6.03 Å². The smallest absolute Gasteiger partial charge is 0.317 e. The first-order valence-electron chi connectivity index (χ1n) is 9.75. The number of amides is 2. The highest BCUT2D eigenvalue weighted by Gasteiger charge is 2.31. The van der Waals surface area contributed by atoms with Crippen molar-refractivity contribution in [2.45, 2.75) is 70.4 Å². The number of aryl methyl sites for hydroxylation is 1. The SMILES string of the molecule is COCCCn1c(C)cnc1C1CCN(C(=O)NC2CCCCC2)C1. The number of carbonyl (C=O) groups excluding carboxylic acids is 1. The van der Waals surface area contributed by atoms with E-state index in [9.17, 15) is 4.79 Å². The molecule has 6 heteroatoms. The van der Waals surface area contributed by atoms with Crippen molar-refractivity contribution in [2.75, 3.05) is 26.8 Å². The van der Waals surface area contributed by atoms with E-state index in [2.05, 4.69) is 21.8 Å². The molecule has 1 unspecified atom stereocenters. The molecule has 1 aliphatic heterocycles. The van der Waals surface area contributed by atoms with Gasteiger partial charge in [-0.1, -0.05) is 19.3 Å². The van der Waals surface area contributed by atoms with E-state index < -0.39 is 0 Å². The minimum Gasteiger partial charge on any atom is -0.385 e. The van der Waals surface area contributed by atoms with Crippen LogP contribution in [0.2, 0.25) is 0 Å². The van der Waals surface area contributed by atoms with E-state index in [1.54, 1.807) is 7.11 Å². The Kier molecular flexibility index (Phi) is 6.34. The fourth-order valence-corrected chi connectivity index (χ4v) is 4.13. The molecule has 3 rings (SSSR count). The molecule has 0 spiro atoms. The van der Waals surface area contributed by atoms with Gasteiger partial charge in [0.1, 0.15) is 5.82 Å². The number of nitrogens with zero attached hydrogens (tertiary/aromatic N) is 3. The Labute approximate surface area is 150 Å². The molecular weight excluding hydrogens is 316 g/mol. The first-order chi connectivity index (χ1) is 12.2. The van der Waals surface area contributed by atoms with Gasteiger partial charge in [0.15, 0.2) is 0 Å². The number of carbonyl (C=O) groups is 1. The molecule has 0 radical (unpaired) electrons. The zero-order chi connectivity index (χ0) is 17.6. The maximum Gasteiger partial charge on any atom is 0.317 e. The fourth-order valence-electron chi connectivity index (χ4n) is 4.13. The van der Waals surface area contributed by atoms with Crippen LogP contribution in [0.25, 0.3) is 0 Å². The number of ether oxygens (including phenoxy) is 1. The molecule has 2 fully saturated rings. The average molecular weight is 348 g/mol. The topological polar surface area (TPSA) is 59.4 Å². The van der Waals surface area contributed by atoms with Gasteiger partial charge in [-0.3, -0.25) is 0 Å². The molecule has 1 atom stereocenters. The number of rotatable bonds is 6. The summed E-state index contributed by atoms with van der Waals surface area (Å²) in [5.74, 6) is 1.47. The third-order valence-corrected chi connectivity index (χ3v) is 5.59. The van der Waals surface area contributed by atoms with Crippen LogP contribution in [0.1, 0.15) is 62.4 Å². The number of hydrogen-bond donors (Lipinski definition) is 1. The molecule has 1 aliphatic carbocycles. The molecule has 2 heterocycles. The van der Waals surface area contributed by atoms with Crippen molar-refractivity contribution in [3.05, 3.63) is 17.7 Å². The Bertz CT molecular complexity index is 566. The van der Waals surface area contributed by atoms with Crippen LogP contribution in [0.15, 0.2) is 6.20 Å². The highest BCUT2D eigenvalue weighted by molar-refractivity contribution is 5.75. The highest BCUT2D eigenvalue weighted by atomic mass is 16.5. The van der Waals surface area contributed by atoms with Crippen molar-refractivity contribution in [3.63, 3.8) is 0 Å². The zero-order valence-corrected chi connectivity index (χ0v) is 15.7. The molecule has 0 bridgehead atoms. The van der Waals surface area contributed by atoms with Crippen LogP contribution in [0.4, 0.5) is 4.79 Å². The zero-order valence-electron chi connectivity index (χ0n) is 15.7. The summed E-state index contributed by atoms with van der Waals surface area (Å²) >= 11 is 0. The van der Waals surface area contributed by atoms with E-state index in [1.165, 1.54) is 25.0 Å². The monoisotopic (exact) mass is 348 g/mol. The molecule has 6 nitrogen and oxygen atoms in total. The van der Waals surface area contributed by atoms with Crippen LogP contribution in [0.3, 0.4) is 0 Å². The van der Waals surface area contributed by atoms with Crippen molar-refractivity contribution in [1.29, 1.82) is 0 Å². The Morgan fingerprint density at radius 3 is 2.88 bits per heavy atom. The quantitative estimate of drug-likeness (QED) is 0.804. The van der Waals surface area contributed by atoms with Crippen LogP contribution in [-0.2, 0) is 11.3 Å². The van der Waals surface area contributed by atoms with Gasteiger partial charge in [0.25, 0.3) is 0 Å². The van der Waals surface area contributed by atoms with Crippen LogP contribution in [-0.4, -0.2) is 53.3 Å². The van der Waals surface area contributed by atoms with Crippen molar-refractivity contribution < 1.29 is 9.53 Å². The molecule has 1 aromatic rings. The molecule has 140 valence electrons. The molecule has 1 saturated heterocycles. The lowest BCUT2D eigenvalue weighted by Crippen LogP contribution is -2.44. The summed E-state index contributed by atoms with van der Waals surface area (Å²) < 4.78 is 7.47. The number of aromatic nitrogens is 2. The summed E-state index contributed by atoms with van der Waals surface area (Å²) in [4.78, 5) is 19.2. The summed E-state index contributed by atoms with van der Waals surface area (Å²) in [6, 6.07) is 0.488. The molecule has 1 aromatic heterocycles. The lowest BCUT2D eigenvalue weighted by Gasteiger charge is -2.26. The molecular formula is C19H32N4O2. The van der Waals surface area contributed by atoms with Crippen LogP contribution >= 0.6 is 0 Å². The lowest BCUT2D eigenvalue weighted by atomic mass is 9.96. The van der Waals surface area contributed by atoms with Gasteiger partial charge < -0.3 is 19.5 Å². The Hall–Kier alpha value is -1.56. The lowest BCUT2D eigenvalue weighted by molar-refractivity contribution is 0.189. The van der Waals surface area contributed by atoms with Crippen LogP contribution in [0.5, 0.6) is 0 Å². The molecule has 1 N–H and O–H groups in total. The van der Waals surface area contributed by atoms with E-state index >= 15 is 0 Å². The number of methoxy groups -OCH3 is 1. The van der Waals surface area contributed by atoms with Gasteiger partial charge in [-0.05, 0) is 32.6 Å². The van der Waals surface area contributed by atoms with Gasteiger partial charge in [0.2, 0.25) is 0 Å². The molecule has 0 aromatic carbocycles. The summed E-state index contributed by atoms with van der Waals surface area (Å²) in [5, 5.41) is 3.24. The summed E-state index contributed by atoms with van der Waals surface area (Å²) in [6.07, 6.45) is 9.99. The molecule has 2 aliphatic rings. The van der Waals surface area contributed by atoms with E-state index in [1.807, 2.05) is 11.1 Å². The van der Waals surface area contributed by atoms with Gasteiger partial charge in [-0.25, -0.2) is 9.78 Å². The first kappa shape index (κ1) is 18.2. The molecule has 2 amide bonds. The predicted octanol–water partition coefficient (Wildman–Crippen LogP) is 3.06. The maximum atomic E-state index is 12.6. The Morgan fingerprint density at radius 1 is 1.32 bits per heavy atom. The second-order valence-corrected chi connectivity index (χ2v) is 7.47. The fraction of sp³-hybridized carbons (Fsp3) is 0.789. The minimum atomic E-state index is 0.114. The van der Waals surface area contributed by atoms with E-state index in [0.29, 0.717) is 12.0 Å². The van der Waals surface area contributed by atoms with Crippen molar-refractivity contribution in [1.82, 2.24) is 19.8 Å². The number of imidazole rings is 1. The van der Waals surface area contributed by atoms with Crippen molar-refractivity contribution in [2.24, 2.45) is 0 Å². The third-order valence-electron chi connectivity index (χ3n) is 5.59. The summed E-state index contributed by atoms with van der Waals surface area (Å²) in [7, 11) is 1.74. The van der Waals surface area contributed by atoms with Crippen LogP contribution < -0.4 is 5.32 Å². The largest absolute Gasteiger partial charge is 0.385 e. The second-order valence-electron chi connectivity index (χ2n) is 7.47. The molecule has 1 saturated carbocycles. The maximum absolute atomic E-state index is 12.6. The standard InChI is InChI=1S/C19H32N4O2/c1-15-13-20-18(23(15)10-6-12-25-2)16-9-11-22(14-16)19(24)21-17-7-4-3-5-8-17/h13,16-17H,3-12,14H2,1-2H3,(H,21,24). The number of likely N-dealkylation sites (tertiary alicyclic amines) is 1. The predicted molar refractivity (Wildman–Crippen MR) is 97.8 cm³/mol. The van der Waals surface area contributed by atoms with Crippen molar-refractivity contribution >= 4 is 6.03 Å². The van der Waals surface area contributed by atoms with E-state index in [-0.39, 0.29) is 6.03 Å². The Morgan fingerprint density at radius 2 is 2.12 bits per heavy atom. The Balaban J connectivity index is 1.56. The van der Waals surface area contributed by atoms with Gasteiger partial charge in [-0.2, -0.15) is 0 Å². The van der Waals surface area contributed by atoms with Gasteiger partial charge in [0, 0.05) is 57.2 Å². The third kappa shape index (κ3) is 4.54. The average Bonchev–Trinajstić information content (AvgIpc) is 3.23.